The molecule has 1 saturated heterocycles. The highest BCUT2D eigenvalue weighted by Gasteiger charge is 2.23. The van der Waals surface area contributed by atoms with Crippen LogP contribution in [-0.2, 0) is 4.74 Å². The van der Waals surface area contributed by atoms with Crippen LogP contribution in [0.5, 0.6) is 0 Å². The van der Waals surface area contributed by atoms with Gasteiger partial charge in [-0.2, -0.15) is 5.26 Å². The van der Waals surface area contributed by atoms with Gasteiger partial charge in [-0.05, 0) is 25.5 Å². The maximum atomic E-state index is 8.72. The quantitative estimate of drug-likeness (QED) is 0.838. The summed E-state index contributed by atoms with van der Waals surface area (Å²) in [6.45, 7) is 3.84. The van der Waals surface area contributed by atoms with E-state index in [9.17, 15) is 0 Å². The van der Waals surface area contributed by atoms with Crippen molar-refractivity contribution in [2.75, 3.05) is 18.5 Å². The Morgan fingerprint density at radius 3 is 3.25 bits per heavy atom. The van der Waals surface area contributed by atoms with Crippen molar-refractivity contribution in [3.8, 4) is 6.07 Å². The van der Waals surface area contributed by atoms with Crippen molar-refractivity contribution in [2.24, 2.45) is 5.92 Å². The van der Waals surface area contributed by atoms with Crippen LogP contribution in [0.4, 0.5) is 5.69 Å². The molecule has 0 radical (unpaired) electrons. The van der Waals surface area contributed by atoms with Crippen LogP contribution in [0.3, 0.4) is 0 Å². The molecule has 1 aliphatic rings. The van der Waals surface area contributed by atoms with Gasteiger partial charge in [0.05, 0.1) is 6.10 Å². The van der Waals surface area contributed by atoms with Gasteiger partial charge in [-0.3, -0.25) is 0 Å². The molecule has 1 N–H and O–H groups in total. The molecule has 16 heavy (non-hydrogen) atoms. The van der Waals surface area contributed by atoms with Crippen LogP contribution < -0.4 is 5.32 Å². The number of ether oxygens (including phenoxy) is 1. The Hall–Kier alpha value is -1.60. The Kier molecular flexibility index (Phi) is 3.37. The molecule has 0 amide bonds. The van der Waals surface area contributed by atoms with Crippen LogP contribution in [0.15, 0.2) is 18.3 Å². The van der Waals surface area contributed by atoms with Crippen LogP contribution >= 0.6 is 0 Å². The van der Waals surface area contributed by atoms with E-state index in [2.05, 4.69) is 17.2 Å². The molecule has 2 rings (SSSR count). The highest BCUT2D eigenvalue weighted by molar-refractivity contribution is 5.45. The van der Waals surface area contributed by atoms with Gasteiger partial charge in [0.1, 0.15) is 11.8 Å². The van der Waals surface area contributed by atoms with E-state index in [1.54, 1.807) is 12.3 Å². The van der Waals surface area contributed by atoms with Gasteiger partial charge in [-0.1, -0.05) is 0 Å². The van der Waals surface area contributed by atoms with Crippen LogP contribution in [0.1, 0.15) is 19.0 Å². The van der Waals surface area contributed by atoms with Gasteiger partial charge in [0.15, 0.2) is 0 Å². The summed E-state index contributed by atoms with van der Waals surface area (Å²) in [6.07, 6.45) is 3.07. The Bertz CT molecular complexity index is 399. The van der Waals surface area contributed by atoms with Gasteiger partial charge in [0, 0.05) is 31.0 Å². The largest absolute Gasteiger partial charge is 0.385 e. The molecule has 0 spiro atoms. The maximum Gasteiger partial charge on any atom is 0.142 e. The predicted octanol–water partition coefficient (Wildman–Crippen LogP) is 1.79. The van der Waals surface area contributed by atoms with Crippen molar-refractivity contribution < 1.29 is 4.74 Å². The lowest BCUT2D eigenvalue weighted by atomic mass is 10.0. The SMILES string of the molecule is CC1OCCC1CNc1ccnc(C#N)c1. The minimum atomic E-state index is 0.324. The van der Waals surface area contributed by atoms with Gasteiger partial charge in [0.25, 0.3) is 0 Å². The fourth-order valence-corrected chi connectivity index (χ4v) is 1.89. The van der Waals surface area contributed by atoms with E-state index in [1.807, 2.05) is 12.1 Å². The Labute approximate surface area is 95.3 Å². The Morgan fingerprint density at radius 1 is 1.69 bits per heavy atom. The Morgan fingerprint density at radius 2 is 2.56 bits per heavy atom. The number of anilines is 1. The highest BCUT2D eigenvalue weighted by Crippen LogP contribution is 2.21. The molecule has 1 aliphatic heterocycles. The molecular formula is C12H15N3O. The number of rotatable bonds is 3. The smallest absolute Gasteiger partial charge is 0.142 e. The highest BCUT2D eigenvalue weighted by atomic mass is 16.5. The van der Waals surface area contributed by atoms with Crippen molar-refractivity contribution >= 4 is 5.69 Å². The molecule has 1 fully saturated rings. The molecule has 0 aromatic carbocycles. The number of hydrogen-bond acceptors (Lipinski definition) is 4. The number of aromatic nitrogens is 1. The Balaban J connectivity index is 1.92. The first kappa shape index (κ1) is 10.9. The summed E-state index contributed by atoms with van der Waals surface area (Å²) in [4.78, 5) is 3.93. The zero-order valence-electron chi connectivity index (χ0n) is 9.31. The van der Waals surface area contributed by atoms with E-state index in [4.69, 9.17) is 10.00 Å². The first-order valence-electron chi connectivity index (χ1n) is 5.51. The zero-order chi connectivity index (χ0) is 11.4. The maximum absolute atomic E-state index is 8.72. The van der Waals surface area contributed by atoms with Gasteiger partial charge < -0.3 is 10.1 Å². The van der Waals surface area contributed by atoms with Crippen molar-refractivity contribution in [3.05, 3.63) is 24.0 Å². The molecule has 0 aliphatic carbocycles. The van der Waals surface area contributed by atoms with Gasteiger partial charge in [-0.25, -0.2) is 4.98 Å². The number of nitriles is 1. The third-order valence-electron chi connectivity index (χ3n) is 2.98. The number of nitrogens with one attached hydrogen (secondary N) is 1. The molecule has 2 heterocycles. The third-order valence-corrected chi connectivity index (χ3v) is 2.98. The predicted molar refractivity (Wildman–Crippen MR) is 61.0 cm³/mol. The lowest BCUT2D eigenvalue weighted by molar-refractivity contribution is 0.108. The molecular weight excluding hydrogens is 202 g/mol. The first-order valence-corrected chi connectivity index (χ1v) is 5.51. The third kappa shape index (κ3) is 2.50. The lowest BCUT2D eigenvalue weighted by Crippen LogP contribution is -2.20. The summed E-state index contributed by atoms with van der Waals surface area (Å²) >= 11 is 0. The normalized spacial score (nSPS) is 24.0. The molecule has 84 valence electrons. The fraction of sp³-hybridized carbons (Fsp3) is 0.500. The average Bonchev–Trinajstić information content (AvgIpc) is 2.72. The molecule has 2 atom stereocenters. The second-order valence-corrected chi connectivity index (χ2v) is 4.05. The van der Waals surface area contributed by atoms with Crippen molar-refractivity contribution in [1.29, 1.82) is 5.26 Å². The molecule has 4 heteroatoms. The van der Waals surface area contributed by atoms with Crippen molar-refractivity contribution in [3.63, 3.8) is 0 Å². The van der Waals surface area contributed by atoms with Crippen LogP contribution in [-0.4, -0.2) is 24.2 Å². The standard InChI is InChI=1S/C12H15N3O/c1-9-10(3-5-16-9)8-15-11-2-4-14-12(6-11)7-13/h2,4,6,9-10H,3,5,8H2,1H3,(H,14,15). The summed E-state index contributed by atoms with van der Waals surface area (Å²) in [7, 11) is 0. The molecule has 0 bridgehead atoms. The van der Waals surface area contributed by atoms with Gasteiger partial charge in [0.2, 0.25) is 0 Å². The molecule has 2 unspecified atom stereocenters. The minimum absolute atomic E-state index is 0.324. The zero-order valence-corrected chi connectivity index (χ0v) is 9.31. The number of pyridine rings is 1. The average molecular weight is 217 g/mol. The van der Waals surface area contributed by atoms with Gasteiger partial charge >= 0.3 is 0 Å². The second kappa shape index (κ2) is 4.95. The lowest BCUT2D eigenvalue weighted by Gasteiger charge is -2.15. The van der Waals surface area contributed by atoms with E-state index in [1.165, 1.54) is 0 Å². The summed E-state index contributed by atoms with van der Waals surface area (Å²) in [5.41, 5.74) is 1.39. The van der Waals surface area contributed by atoms with Crippen LogP contribution in [0.2, 0.25) is 0 Å². The molecule has 0 saturated carbocycles. The van der Waals surface area contributed by atoms with Crippen LogP contribution in [0.25, 0.3) is 0 Å². The summed E-state index contributed by atoms with van der Waals surface area (Å²) in [6, 6.07) is 5.67. The van der Waals surface area contributed by atoms with E-state index in [-0.39, 0.29) is 0 Å². The number of hydrogen-bond donors (Lipinski definition) is 1. The molecule has 4 nitrogen and oxygen atoms in total. The first-order chi connectivity index (χ1) is 7.79. The van der Waals surface area contributed by atoms with E-state index in [0.717, 1.165) is 25.3 Å². The summed E-state index contributed by atoms with van der Waals surface area (Å²) in [5.74, 6) is 0.554. The van der Waals surface area contributed by atoms with E-state index >= 15 is 0 Å². The van der Waals surface area contributed by atoms with Crippen molar-refractivity contribution in [1.82, 2.24) is 4.98 Å². The molecule has 1 aromatic rings. The minimum Gasteiger partial charge on any atom is -0.385 e. The summed E-state index contributed by atoms with van der Waals surface area (Å²) in [5, 5.41) is 12.0. The van der Waals surface area contributed by atoms with Gasteiger partial charge in [-0.15, -0.1) is 0 Å². The fourth-order valence-electron chi connectivity index (χ4n) is 1.89. The number of nitrogens with zero attached hydrogens (tertiary/aromatic N) is 2. The summed E-state index contributed by atoms with van der Waals surface area (Å²) < 4.78 is 5.49. The van der Waals surface area contributed by atoms with E-state index in [0.29, 0.717) is 17.7 Å². The van der Waals surface area contributed by atoms with E-state index < -0.39 is 0 Å². The van der Waals surface area contributed by atoms with Crippen molar-refractivity contribution in [2.45, 2.75) is 19.4 Å². The topological polar surface area (TPSA) is 57.9 Å². The monoisotopic (exact) mass is 217 g/mol. The van der Waals surface area contributed by atoms with Crippen LogP contribution in [0, 0.1) is 17.2 Å². The molecule has 1 aromatic heterocycles. The second-order valence-electron chi connectivity index (χ2n) is 4.05.